The fourth-order valence-electron chi connectivity index (χ4n) is 1.21. The molecule has 0 rings (SSSR count). The first-order valence-corrected chi connectivity index (χ1v) is 5.65. The molecule has 0 aliphatic heterocycles. The number of carbonyl (C=O) groups excluding carboxylic acids is 3. The van der Waals surface area contributed by atoms with Crippen LogP contribution in [0.4, 0.5) is 0 Å². The number of ether oxygens (including phenoxy) is 3. The summed E-state index contributed by atoms with van der Waals surface area (Å²) in [6, 6.07) is 0. The molecule has 0 radical (unpaired) electrons. The van der Waals surface area contributed by atoms with Gasteiger partial charge in [-0.15, -0.1) is 0 Å². The van der Waals surface area contributed by atoms with Crippen LogP contribution in [-0.2, 0) is 28.6 Å². The SMILES string of the molecule is CCC(OC(C)=O)(OC(C)=O)C(=O)OC(C)(C)C. The molecular weight excluding hydrogens is 240 g/mol. The van der Waals surface area contributed by atoms with Gasteiger partial charge in [0, 0.05) is 20.3 Å². The summed E-state index contributed by atoms with van der Waals surface area (Å²) in [5, 5.41) is 0. The highest BCUT2D eigenvalue weighted by atomic mass is 16.8. The summed E-state index contributed by atoms with van der Waals surface area (Å²) >= 11 is 0. The zero-order valence-electron chi connectivity index (χ0n) is 11.7. The van der Waals surface area contributed by atoms with Crippen molar-refractivity contribution in [3.8, 4) is 0 Å². The van der Waals surface area contributed by atoms with Crippen LogP contribution in [0, 0.1) is 0 Å². The molecule has 6 nitrogen and oxygen atoms in total. The molecule has 0 saturated heterocycles. The van der Waals surface area contributed by atoms with Gasteiger partial charge in [0.2, 0.25) is 0 Å². The molecule has 0 atom stereocenters. The molecule has 0 aliphatic carbocycles. The number of carbonyl (C=O) groups is 3. The zero-order valence-corrected chi connectivity index (χ0v) is 11.7. The van der Waals surface area contributed by atoms with Gasteiger partial charge in [-0.05, 0) is 20.8 Å². The molecule has 0 saturated carbocycles. The largest absolute Gasteiger partial charge is 0.454 e. The van der Waals surface area contributed by atoms with Crippen LogP contribution in [0.3, 0.4) is 0 Å². The molecule has 0 aromatic carbocycles. The van der Waals surface area contributed by atoms with Gasteiger partial charge < -0.3 is 14.2 Å². The smallest absolute Gasteiger partial charge is 0.393 e. The van der Waals surface area contributed by atoms with Crippen molar-refractivity contribution in [2.75, 3.05) is 0 Å². The zero-order chi connectivity index (χ0) is 14.6. The maximum Gasteiger partial charge on any atom is 0.393 e. The third kappa shape index (κ3) is 5.16. The second-order valence-electron chi connectivity index (χ2n) is 4.80. The summed E-state index contributed by atoms with van der Waals surface area (Å²) in [6.45, 7) is 8.78. The van der Waals surface area contributed by atoms with E-state index in [-0.39, 0.29) is 6.42 Å². The van der Waals surface area contributed by atoms with Gasteiger partial charge in [0.05, 0.1) is 0 Å². The summed E-state index contributed by atoms with van der Waals surface area (Å²) in [5.74, 6) is -4.37. The quantitative estimate of drug-likeness (QED) is 0.563. The molecule has 0 amide bonds. The van der Waals surface area contributed by atoms with Gasteiger partial charge in [-0.25, -0.2) is 4.79 Å². The van der Waals surface area contributed by atoms with Crippen LogP contribution < -0.4 is 0 Å². The van der Waals surface area contributed by atoms with E-state index >= 15 is 0 Å². The van der Waals surface area contributed by atoms with Crippen LogP contribution in [0.2, 0.25) is 0 Å². The maximum atomic E-state index is 12.0. The van der Waals surface area contributed by atoms with E-state index in [9.17, 15) is 14.4 Å². The second kappa shape index (κ2) is 5.84. The van der Waals surface area contributed by atoms with E-state index < -0.39 is 29.3 Å². The summed E-state index contributed by atoms with van der Waals surface area (Å²) in [5.41, 5.74) is -0.780. The van der Waals surface area contributed by atoms with Crippen LogP contribution in [0.15, 0.2) is 0 Å². The lowest BCUT2D eigenvalue weighted by Crippen LogP contribution is -2.49. The highest BCUT2D eigenvalue weighted by molar-refractivity contribution is 5.84. The van der Waals surface area contributed by atoms with Crippen LogP contribution in [-0.4, -0.2) is 29.3 Å². The van der Waals surface area contributed by atoms with Gasteiger partial charge >= 0.3 is 23.7 Å². The molecule has 0 aromatic rings. The van der Waals surface area contributed by atoms with Gasteiger partial charge in [0.1, 0.15) is 5.60 Å². The molecule has 0 fully saturated rings. The Morgan fingerprint density at radius 3 is 1.50 bits per heavy atom. The van der Waals surface area contributed by atoms with Crippen LogP contribution >= 0.6 is 0 Å². The predicted octanol–water partition coefficient (Wildman–Crippen LogP) is 1.56. The topological polar surface area (TPSA) is 78.9 Å². The van der Waals surface area contributed by atoms with Crippen molar-refractivity contribution in [1.29, 1.82) is 0 Å². The molecule has 0 aliphatic rings. The van der Waals surface area contributed by atoms with Crippen molar-refractivity contribution in [3.63, 3.8) is 0 Å². The lowest BCUT2D eigenvalue weighted by atomic mass is 10.1. The molecular formula is C12H20O6. The lowest BCUT2D eigenvalue weighted by molar-refractivity contribution is -0.244. The minimum atomic E-state index is -2.01. The van der Waals surface area contributed by atoms with Crippen molar-refractivity contribution in [1.82, 2.24) is 0 Å². The fourth-order valence-corrected chi connectivity index (χ4v) is 1.21. The Labute approximate surface area is 107 Å². The van der Waals surface area contributed by atoms with Gasteiger partial charge in [-0.3, -0.25) is 9.59 Å². The summed E-state index contributed by atoms with van der Waals surface area (Å²) in [4.78, 5) is 34.1. The van der Waals surface area contributed by atoms with E-state index in [0.29, 0.717) is 0 Å². The number of esters is 3. The Kier molecular flexibility index (Phi) is 5.32. The van der Waals surface area contributed by atoms with Crippen LogP contribution in [0.25, 0.3) is 0 Å². The number of rotatable bonds is 4. The molecule has 18 heavy (non-hydrogen) atoms. The Hall–Kier alpha value is -1.59. The normalized spacial score (nSPS) is 11.7. The Balaban J connectivity index is 5.22. The molecule has 0 N–H and O–H groups in total. The van der Waals surface area contributed by atoms with E-state index in [0.717, 1.165) is 13.8 Å². The maximum absolute atomic E-state index is 12.0. The van der Waals surface area contributed by atoms with Gasteiger partial charge in [-0.2, -0.15) is 0 Å². The Morgan fingerprint density at radius 1 is 0.889 bits per heavy atom. The minimum Gasteiger partial charge on any atom is -0.454 e. The molecule has 104 valence electrons. The summed E-state index contributed by atoms with van der Waals surface area (Å²) in [6.07, 6.45) is -0.0267. The fraction of sp³-hybridized carbons (Fsp3) is 0.750. The van der Waals surface area contributed by atoms with E-state index in [1.165, 1.54) is 0 Å². The van der Waals surface area contributed by atoms with E-state index in [1.807, 2.05) is 0 Å². The van der Waals surface area contributed by atoms with E-state index in [1.54, 1.807) is 27.7 Å². The predicted molar refractivity (Wildman–Crippen MR) is 62.4 cm³/mol. The Morgan fingerprint density at radius 2 is 1.28 bits per heavy atom. The summed E-state index contributed by atoms with van der Waals surface area (Å²) in [7, 11) is 0. The average molecular weight is 260 g/mol. The highest BCUT2D eigenvalue weighted by Crippen LogP contribution is 2.24. The molecule has 6 heteroatoms. The van der Waals surface area contributed by atoms with Crippen molar-refractivity contribution in [2.24, 2.45) is 0 Å². The first-order valence-electron chi connectivity index (χ1n) is 5.65. The standard InChI is InChI=1S/C12H20O6/c1-7-12(16-8(2)13,17-9(3)14)10(15)18-11(4,5)6/h7H2,1-6H3. The third-order valence-corrected chi connectivity index (χ3v) is 1.79. The van der Waals surface area contributed by atoms with Crippen molar-refractivity contribution >= 4 is 17.9 Å². The molecule has 0 aromatic heterocycles. The van der Waals surface area contributed by atoms with Crippen LogP contribution in [0.1, 0.15) is 48.0 Å². The van der Waals surface area contributed by atoms with Gasteiger partial charge in [0.25, 0.3) is 0 Å². The monoisotopic (exact) mass is 260 g/mol. The molecule has 0 heterocycles. The molecule has 0 spiro atoms. The van der Waals surface area contributed by atoms with Gasteiger partial charge in [0.15, 0.2) is 0 Å². The second-order valence-corrected chi connectivity index (χ2v) is 4.80. The van der Waals surface area contributed by atoms with Gasteiger partial charge in [-0.1, -0.05) is 6.92 Å². The Bertz CT molecular complexity index is 323. The van der Waals surface area contributed by atoms with Crippen molar-refractivity contribution < 1.29 is 28.6 Å². The first-order chi connectivity index (χ1) is 8.02. The van der Waals surface area contributed by atoms with E-state index in [2.05, 4.69) is 0 Å². The lowest BCUT2D eigenvalue weighted by Gasteiger charge is -2.31. The average Bonchev–Trinajstić information content (AvgIpc) is 2.12. The highest BCUT2D eigenvalue weighted by Gasteiger charge is 2.47. The third-order valence-electron chi connectivity index (χ3n) is 1.79. The van der Waals surface area contributed by atoms with E-state index in [4.69, 9.17) is 14.2 Å². The van der Waals surface area contributed by atoms with Crippen LogP contribution in [0.5, 0.6) is 0 Å². The van der Waals surface area contributed by atoms with Crippen molar-refractivity contribution in [3.05, 3.63) is 0 Å². The molecule has 0 unspecified atom stereocenters. The van der Waals surface area contributed by atoms with Crippen molar-refractivity contribution in [2.45, 2.75) is 59.4 Å². The minimum absolute atomic E-state index is 0.0267. The first kappa shape index (κ1) is 16.4. The molecule has 0 bridgehead atoms. The number of hydrogen-bond acceptors (Lipinski definition) is 6. The summed E-state index contributed by atoms with van der Waals surface area (Å²) < 4.78 is 14.8. The number of hydrogen-bond donors (Lipinski definition) is 0.